The number of pyridine rings is 1. The standard InChI is InChI=1S/C20H16N2O6S/c1-26-20(25)17-15(9-11-29-17)22-16(23)12-27-19(24)14-8-5-10-21-18(14)28-13-6-3-2-4-7-13/h2-11H,12H2,1H3,(H,22,23). The second-order valence-corrected chi connectivity index (χ2v) is 6.47. The van der Waals surface area contributed by atoms with Crippen LogP contribution in [-0.4, -0.2) is 36.5 Å². The van der Waals surface area contributed by atoms with Gasteiger partial charge in [0.2, 0.25) is 5.88 Å². The topological polar surface area (TPSA) is 104 Å². The molecule has 3 aromatic rings. The predicted molar refractivity (Wildman–Crippen MR) is 105 cm³/mol. The van der Waals surface area contributed by atoms with Gasteiger partial charge in [-0.3, -0.25) is 4.79 Å². The third-order valence-electron chi connectivity index (χ3n) is 3.59. The van der Waals surface area contributed by atoms with Crippen molar-refractivity contribution in [3.63, 3.8) is 0 Å². The number of rotatable bonds is 7. The Hall–Kier alpha value is -3.72. The Morgan fingerprint density at radius 1 is 1.03 bits per heavy atom. The normalized spacial score (nSPS) is 10.1. The van der Waals surface area contributed by atoms with Gasteiger partial charge in [0.1, 0.15) is 16.2 Å². The first-order valence-corrected chi connectivity index (χ1v) is 9.27. The highest BCUT2D eigenvalue weighted by Gasteiger charge is 2.19. The molecule has 1 amide bonds. The molecule has 29 heavy (non-hydrogen) atoms. The van der Waals surface area contributed by atoms with Crippen molar-refractivity contribution in [3.8, 4) is 11.6 Å². The van der Waals surface area contributed by atoms with Crippen LogP contribution in [0.1, 0.15) is 20.0 Å². The van der Waals surface area contributed by atoms with Crippen molar-refractivity contribution < 1.29 is 28.6 Å². The molecule has 2 heterocycles. The summed E-state index contributed by atoms with van der Waals surface area (Å²) in [5.41, 5.74) is 0.368. The van der Waals surface area contributed by atoms with Crippen molar-refractivity contribution in [2.75, 3.05) is 19.0 Å². The molecule has 148 valence electrons. The van der Waals surface area contributed by atoms with Gasteiger partial charge in [0, 0.05) is 6.20 Å². The van der Waals surface area contributed by atoms with Gasteiger partial charge in [-0.2, -0.15) is 0 Å². The molecule has 0 unspecified atom stereocenters. The number of hydrogen-bond donors (Lipinski definition) is 1. The number of ether oxygens (including phenoxy) is 3. The number of methoxy groups -OCH3 is 1. The molecule has 0 atom stereocenters. The lowest BCUT2D eigenvalue weighted by molar-refractivity contribution is -0.119. The summed E-state index contributed by atoms with van der Waals surface area (Å²) in [4.78, 5) is 40.4. The minimum Gasteiger partial charge on any atom is -0.465 e. The van der Waals surface area contributed by atoms with E-state index in [1.807, 2.05) is 6.07 Å². The number of anilines is 1. The van der Waals surface area contributed by atoms with E-state index in [1.165, 1.54) is 19.4 Å². The summed E-state index contributed by atoms with van der Waals surface area (Å²) in [6, 6.07) is 13.4. The molecule has 0 bridgehead atoms. The van der Waals surface area contributed by atoms with E-state index in [4.69, 9.17) is 9.47 Å². The van der Waals surface area contributed by atoms with Crippen molar-refractivity contribution in [1.29, 1.82) is 0 Å². The predicted octanol–water partition coefficient (Wildman–Crippen LogP) is 3.52. The SMILES string of the molecule is COC(=O)c1sccc1NC(=O)COC(=O)c1cccnc1Oc1ccccc1. The molecule has 0 spiro atoms. The number of esters is 2. The summed E-state index contributed by atoms with van der Waals surface area (Å²) in [7, 11) is 1.25. The molecule has 0 aliphatic heterocycles. The Morgan fingerprint density at radius 2 is 1.83 bits per heavy atom. The van der Waals surface area contributed by atoms with Gasteiger partial charge in [-0.1, -0.05) is 18.2 Å². The second-order valence-electron chi connectivity index (χ2n) is 5.55. The van der Waals surface area contributed by atoms with Gasteiger partial charge in [0.25, 0.3) is 5.91 Å². The van der Waals surface area contributed by atoms with Gasteiger partial charge in [0.05, 0.1) is 12.8 Å². The second kappa shape index (κ2) is 9.47. The molecular weight excluding hydrogens is 396 g/mol. The number of para-hydroxylation sites is 1. The van der Waals surface area contributed by atoms with Crippen LogP contribution in [0, 0.1) is 0 Å². The zero-order chi connectivity index (χ0) is 20.6. The van der Waals surface area contributed by atoms with Crippen molar-refractivity contribution in [2.24, 2.45) is 0 Å². The third-order valence-corrected chi connectivity index (χ3v) is 4.49. The Bertz CT molecular complexity index is 1020. The average Bonchev–Trinajstić information content (AvgIpc) is 3.20. The van der Waals surface area contributed by atoms with Crippen LogP contribution in [0.2, 0.25) is 0 Å². The molecule has 0 saturated heterocycles. The number of amides is 1. The average molecular weight is 412 g/mol. The van der Waals surface area contributed by atoms with Crippen LogP contribution in [0.5, 0.6) is 11.6 Å². The maximum absolute atomic E-state index is 12.4. The van der Waals surface area contributed by atoms with Crippen molar-refractivity contribution >= 4 is 34.9 Å². The fourth-order valence-corrected chi connectivity index (χ4v) is 3.05. The fourth-order valence-electron chi connectivity index (χ4n) is 2.28. The molecular formula is C20H16N2O6S. The Labute approximate surface area is 170 Å². The van der Waals surface area contributed by atoms with E-state index < -0.39 is 24.5 Å². The van der Waals surface area contributed by atoms with E-state index in [2.05, 4.69) is 15.0 Å². The van der Waals surface area contributed by atoms with E-state index in [1.54, 1.807) is 41.8 Å². The number of thiophene rings is 1. The Balaban J connectivity index is 1.62. The number of carbonyl (C=O) groups is 3. The molecule has 8 nitrogen and oxygen atoms in total. The number of nitrogens with zero attached hydrogens (tertiary/aromatic N) is 1. The lowest BCUT2D eigenvalue weighted by Crippen LogP contribution is -2.22. The van der Waals surface area contributed by atoms with E-state index in [-0.39, 0.29) is 22.0 Å². The van der Waals surface area contributed by atoms with Gasteiger partial charge in [-0.25, -0.2) is 14.6 Å². The molecule has 0 aliphatic rings. The summed E-state index contributed by atoms with van der Waals surface area (Å²) in [6.07, 6.45) is 1.48. The van der Waals surface area contributed by atoms with Crippen molar-refractivity contribution in [3.05, 3.63) is 70.5 Å². The van der Waals surface area contributed by atoms with E-state index in [0.29, 0.717) is 5.75 Å². The van der Waals surface area contributed by atoms with Crippen LogP contribution >= 0.6 is 11.3 Å². The summed E-state index contributed by atoms with van der Waals surface area (Å²) >= 11 is 1.13. The molecule has 1 N–H and O–H groups in total. The highest BCUT2D eigenvalue weighted by Crippen LogP contribution is 2.24. The largest absolute Gasteiger partial charge is 0.465 e. The first-order chi connectivity index (χ1) is 14.1. The number of carbonyl (C=O) groups excluding carboxylic acids is 3. The number of nitrogens with one attached hydrogen (secondary N) is 1. The van der Waals surface area contributed by atoms with Crippen molar-refractivity contribution in [1.82, 2.24) is 4.98 Å². The molecule has 1 aromatic carbocycles. The zero-order valence-electron chi connectivity index (χ0n) is 15.3. The van der Waals surface area contributed by atoms with Crippen LogP contribution in [-0.2, 0) is 14.3 Å². The van der Waals surface area contributed by atoms with E-state index in [9.17, 15) is 14.4 Å². The monoisotopic (exact) mass is 412 g/mol. The van der Waals surface area contributed by atoms with Crippen LogP contribution < -0.4 is 10.1 Å². The van der Waals surface area contributed by atoms with Crippen LogP contribution in [0.4, 0.5) is 5.69 Å². The van der Waals surface area contributed by atoms with E-state index in [0.717, 1.165) is 11.3 Å². The van der Waals surface area contributed by atoms with Gasteiger partial charge in [-0.15, -0.1) is 11.3 Å². The van der Waals surface area contributed by atoms with Gasteiger partial charge >= 0.3 is 11.9 Å². The molecule has 3 rings (SSSR count). The van der Waals surface area contributed by atoms with Crippen molar-refractivity contribution in [2.45, 2.75) is 0 Å². The quantitative estimate of drug-likeness (QED) is 0.592. The maximum Gasteiger partial charge on any atom is 0.350 e. The Kier molecular flexibility index (Phi) is 6.54. The van der Waals surface area contributed by atoms with Gasteiger partial charge in [-0.05, 0) is 35.7 Å². The molecule has 0 fully saturated rings. The number of benzene rings is 1. The lowest BCUT2D eigenvalue weighted by atomic mass is 10.2. The van der Waals surface area contributed by atoms with Crippen LogP contribution in [0.3, 0.4) is 0 Å². The zero-order valence-corrected chi connectivity index (χ0v) is 16.1. The summed E-state index contributed by atoms with van der Waals surface area (Å²) in [6.45, 7) is -0.547. The lowest BCUT2D eigenvalue weighted by Gasteiger charge is -2.10. The molecule has 0 saturated carbocycles. The summed E-state index contributed by atoms with van der Waals surface area (Å²) in [5.74, 6) is -1.36. The molecule has 0 aliphatic carbocycles. The summed E-state index contributed by atoms with van der Waals surface area (Å²) in [5, 5.41) is 4.15. The number of hydrogen-bond acceptors (Lipinski definition) is 8. The minimum atomic E-state index is -0.766. The highest BCUT2D eigenvalue weighted by atomic mass is 32.1. The molecule has 9 heteroatoms. The fraction of sp³-hybridized carbons (Fsp3) is 0.100. The molecule has 0 radical (unpaired) electrons. The summed E-state index contributed by atoms with van der Waals surface area (Å²) < 4.78 is 15.3. The van der Waals surface area contributed by atoms with Gasteiger partial charge < -0.3 is 19.5 Å². The smallest absolute Gasteiger partial charge is 0.350 e. The third kappa shape index (κ3) is 5.17. The minimum absolute atomic E-state index is 0.0647. The Morgan fingerprint density at radius 3 is 2.59 bits per heavy atom. The van der Waals surface area contributed by atoms with Crippen LogP contribution in [0.25, 0.3) is 0 Å². The van der Waals surface area contributed by atoms with E-state index >= 15 is 0 Å². The maximum atomic E-state index is 12.4. The molecule has 2 aromatic heterocycles. The van der Waals surface area contributed by atoms with Crippen LogP contribution in [0.15, 0.2) is 60.1 Å². The van der Waals surface area contributed by atoms with Gasteiger partial charge in [0.15, 0.2) is 6.61 Å². The first-order valence-electron chi connectivity index (χ1n) is 8.39. The number of aromatic nitrogens is 1. The highest BCUT2D eigenvalue weighted by molar-refractivity contribution is 7.12. The first kappa shape index (κ1) is 20.0.